The summed E-state index contributed by atoms with van der Waals surface area (Å²) in [5, 5.41) is 9.26. The average molecular weight is 213 g/mol. The lowest BCUT2D eigenvalue weighted by Gasteiger charge is -2.04. The number of hydrogen-bond acceptors (Lipinski definition) is 4. The maximum Gasteiger partial charge on any atom is 0.429 e. The van der Waals surface area contributed by atoms with Crippen molar-refractivity contribution in [1.29, 1.82) is 0 Å². The van der Waals surface area contributed by atoms with Crippen molar-refractivity contribution in [2.45, 2.75) is 0 Å². The lowest BCUT2D eigenvalue weighted by atomic mass is 10.3. The minimum absolute atomic E-state index is 0.0712. The molecule has 0 heterocycles. The van der Waals surface area contributed by atoms with Crippen LogP contribution in [0.25, 0.3) is 0 Å². The van der Waals surface area contributed by atoms with Gasteiger partial charge in [0.2, 0.25) is 0 Å². The van der Waals surface area contributed by atoms with Crippen LogP contribution in [0.2, 0.25) is 0 Å². The third kappa shape index (κ3) is 3.17. The molecule has 0 aliphatic heterocycles. The summed E-state index contributed by atoms with van der Waals surface area (Å²) in [5.74, 6) is 0.0655. The first-order chi connectivity index (χ1) is 6.74. The van der Waals surface area contributed by atoms with Gasteiger partial charge in [0, 0.05) is 0 Å². The summed E-state index contributed by atoms with van der Waals surface area (Å²) in [5.41, 5.74) is 0. The molecule has 0 saturated carbocycles. The first kappa shape index (κ1) is 10.7. The summed E-state index contributed by atoms with van der Waals surface area (Å²) in [6.45, 7) is 3.54. The van der Waals surface area contributed by atoms with Crippen molar-refractivity contribution >= 4 is 8.25 Å². The van der Waals surface area contributed by atoms with Gasteiger partial charge >= 0.3 is 8.25 Å². The van der Waals surface area contributed by atoms with Gasteiger partial charge in [0.1, 0.15) is 0 Å². The maximum atomic E-state index is 11.1. The van der Waals surface area contributed by atoms with E-state index < -0.39 is 8.25 Å². The molecule has 0 bridgehead atoms. The molecule has 1 aromatic rings. The molecule has 0 aliphatic carbocycles. The Morgan fingerprint density at radius 2 is 2.21 bits per heavy atom. The van der Waals surface area contributed by atoms with E-state index in [-0.39, 0.29) is 18.1 Å². The van der Waals surface area contributed by atoms with Crippen LogP contribution in [0.5, 0.6) is 11.5 Å². The van der Waals surface area contributed by atoms with E-state index in [0.717, 1.165) is 0 Å². The lowest BCUT2D eigenvalue weighted by Crippen LogP contribution is -1.86. The Hall–Kier alpha value is -1.38. The van der Waals surface area contributed by atoms with Crippen molar-refractivity contribution in [3.05, 3.63) is 36.9 Å². The standard InChI is InChI=1S/C9H10O4P/c1-2-7-12-14(11)13-9-6-4-3-5-8(9)10/h2-6,10H,1,7H2. The van der Waals surface area contributed by atoms with E-state index in [4.69, 9.17) is 9.05 Å². The van der Waals surface area contributed by atoms with Crippen LogP contribution in [-0.4, -0.2) is 11.7 Å². The molecular formula is C9H10O4P. The molecule has 0 aliphatic rings. The van der Waals surface area contributed by atoms with E-state index in [1.165, 1.54) is 18.2 Å². The van der Waals surface area contributed by atoms with Crippen LogP contribution in [0.15, 0.2) is 36.9 Å². The molecule has 75 valence electrons. The molecule has 1 radical (unpaired) electrons. The number of aromatic hydroxyl groups is 1. The van der Waals surface area contributed by atoms with Crippen LogP contribution >= 0.6 is 8.25 Å². The molecule has 1 N–H and O–H groups in total. The van der Waals surface area contributed by atoms with Gasteiger partial charge in [-0.25, -0.2) is 4.57 Å². The molecule has 1 rings (SSSR count). The summed E-state index contributed by atoms with van der Waals surface area (Å²) in [4.78, 5) is 0. The second-order valence-corrected chi connectivity index (χ2v) is 3.26. The predicted molar refractivity (Wildman–Crippen MR) is 52.5 cm³/mol. The van der Waals surface area contributed by atoms with Gasteiger partial charge in [-0.2, -0.15) is 0 Å². The van der Waals surface area contributed by atoms with Gasteiger partial charge in [-0.15, -0.1) is 6.58 Å². The third-order valence-electron chi connectivity index (χ3n) is 1.34. The largest absolute Gasteiger partial charge is 0.504 e. The summed E-state index contributed by atoms with van der Waals surface area (Å²) >= 11 is 0. The zero-order valence-corrected chi connectivity index (χ0v) is 8.31. The Balaban J connectivity index is 2.56. The fourth-order valence-corrected chi connectivity index (χ4v) is 1.35. The zero-order chi connectivity index (χ0) is 10.4. The van der Waals surface area contributed by atoms with Crippen LogP contribution in [0.1, 0.15) is 0 Å². The highest BCUT2D eigenvalue weighted by Crippen LogP contribution is 2.33. The summed E-state index contributed by atoms with van der Waals surface area (Å²) in [6.07, 6.45) is 1.46. The van der Waals surface area contributed by atoms with Crippen LogP contribution in [0.4, 0.5) is 0 Å². The number of phenols is 1. The molecule has 1 unspecified atom stereocenters. The Morgan fingerprint density at radius 3 is 2.86 bits per heavy atom. The van der Waals surface area contributed by atoms with E-state index in [1.807, 2.05) is 0 Å². The van der Waals surface area contributed by atoms with Gasteiger partial charge < -0.3 is 9.63 Å². The van der Waals surface area contributed by atoms with Crippen molar-refractivity contribution in [1.82, 2.24) is 0 Å². The fourth-order valence-electron chi connectivity index (χ4n) is 0.755. The highest BCUT2D eigenvalue weighted by Gasteiger charge is 2.06. The Bertz CT molecular complexity index is 337. The van der Waals surface area contributed by atoms with Gasteiger partial charge in [-0.05, 0) is 12.1 Å². The van der Waals surface area contributed by atoms with E-state index >= 15 is 0 Å². The molecule has 0 spiro atoms. The van der Waals surface area contributed by atoms with Crippen LogP contribution in [0.3, 0.4) is 0 Å². The second-order valence-electron chi connectivity index (χ2n) is 2.37. The predicted octanol–water partition coefficient (Wildman–Crippen LogP) is 2.63. The van der Waals surface area contributed by atoms with Crippen LogP contribution in [-0.2, 0) is 9.09 Å². The number of rotatable bonds is 5. The number of hydrogen-bond donors (Lipinski definition) is 1. The molecule has 0 fully saturated rings. The van der Waals surface area contributed by atoms with Gasteiger partial charge in [0.05, 0.1) is 6.61 Å². The highest BCUT2D eigenvalue weighted by atomic mass is 31.1. The van der Waals surface area contributed by atoms with E-state index in [2.05, 4.69) is 6.58 Å². The van der Waals surface area contributed by atoms with Gasteiger partial charge in [0.15, 0.2) is 11.5 Å². The Kier molecular flexibility index (Phi) is 4.11. The lowest BCUT2D eigenvalue weighted by molar-refractivity contribution is 0.312. The summed E-state index contributed by atoms with van der Waals surface area (Å²) in [7, 11) is -2.26. The first-order valence-corrected chi connectivity index (χ1v) is 5.00. The number of phenolic OH excluding ortho intramolecular Hbond substituents is 1. The molecule has 0 aromatic heterocycles. The minimum Gasteiger partial charge on any atom is -0.504 e. The zero-order valence-electron chi connectivity index (χ0n) is 7.42. The highest BCUT2D eigenvalue weighted by molar-refractivity contribution is 7.33. The maximum absolute atomic E-state index is 11.1. The van der Waals surface area contributed by atoms with Gasteiger partial charge in [-0.1, -0.05) is 18.2 Å². The first-order valence-electron chi connectivity index (χ1n) is 3.91. The Morgan fingerprint density at radius 1 is 1.50 bits per heavy atom. The van der Waals surface area contributed by atoms with Crippen molar-refractivity contribution < 1.29 is 18.7 Å². The molecule has 1 aromatic carbocycles. The smallest absolute Gasteiger partial charge is 0.429 e. The van der Waals surface area contributed by atoms with Crippen LogP contribution < -0.4 is 4.52 Å². The molecule has 0 amide bonds. The normalized spacial score (nSPS) is 10.7. The van der Waals surface area contributed by atoms with E-state index in [9.17, 15) is 9.67 Å². The summed E-state index contributed by atoms with van der Waals surface area (Å²) in [6, 6.07) is 6.23. The molecular weight excluding hydrogens is 203 g/mol. The second kappa shape index (κ2) is 5.37. The van der Waals surface area contributed by atoms with Crippen LogP contribution in [0, 0.1) is 0 Å². The molecule has 0 saturated heterocycles. The van der Waals surface area contributed by atoms with E-state index in [0.29, 0.717) is 0 Å². The third-order valence-corrected chi connectivity index (χ3v) is 2.04. The quantitative estimate of drug-likeness (QED) is 0.603. The number of benzene rings is 1. The van der Waals surface area contributed by atoms with Crippen molar-refractivity contribution in [2.24, 2.45) is 0 Å². The molecule has 1 atom stereocenters. The van der Waals surface area contributed by atoms with E-state index in [1.54, 1.807) is 12.1 Å². The van der Waals surface area contributed by atoms with Crippen molar-refractivity contribution in [2.75, 3.05) is 6.61 Å². The topological polar surface area (TPSA) is 55.8 Å². The summed E-state index contributed by atoms with van der Waals surface area (Å²) < 4.78 is 20.6. The minimum atomic E-state index is -2.26. The SMILES string of the molecule is C=CCO[P](=O)Oc1ccccc1O. The fraction of sp³-hybridized carbons (Fsp3) is 0.111. The van der Waals surface area contributed by atoms with Crippen molar-refractivity contribution in [3.63, 3.8) is 0 Å². The molecule has 5 heteroatoms. The van der Waals surface area contributed by atoms with Crippen molar-refractivity contribution in [3.8, 4) is 11.5 Å². The average Bonchev–Trinajstić information content (AvgIpc) is 2.18. The monoisotopic (exact) mass is 213 g/mol. The molecule has 14 heavy (non-hydrogen) atoms. The van der Waals surface area contributed by atoms with Gasteiger partial charge in [-0.3, -0.25) is 4.52 Å². The Labute approximate surface area is 82.7 Å². The number of para-hydroxylation sites is 2. The van der Waals surface area contributed by atoms with Gasteiger partial charge in [0.25, 0.3) is 0 Å². The molecule has 4 nitrogen and oxygen atoms in total.